The van der Waals surface area contributed by atoms with Gasteiger partial charge in [-0.3, -0.25) is 9.79 Å². The Morgan fingerprint density at radius 2 is 1.65 bits per heavy atom. The van der Waals surface area contributed by atoms with Crippen LogP contribution in [0.1, 0.15) is 15.9 Å². The molecule has 114 valence electrons. The first-order valence-corrected chi connectivity index (χ1v) is 7.18. The van der Waals surface area contributed by atoms with Crippen molar-refractivity contribution < 1.29 is 15.0 Å². The van der Waals surface area contributed by atoms with Crippen molar-refractivity contribution in [2.45, 2.75) is 0 Å². The monoisotopic (exact) mass is 305 g/mol. The highest BCUT2D eigenvalue weighted by molar-refractivity contribution is 6.04. The molecule has 0 radical (unpaired) electrons. The number of hydrogen-bond donors (Lipinski definition) is 2. The van der Waals surface area contributed by atoms with E-state index in [2.05, 4.69) is 4.99 Å². The van der Waals surface area contributed by atoms with Gasteiger partial charge in [-0.05, 0) is 29.0 Å². The minimum Gasteiger partial charge on any atom is -0.507 e. The number of Topliss-reactive ketones (excluding diaryl/α,β-unsaturated/α-hetero) is 1. The molecule has 0 aromatic heterocycles. The second kappa shape index (κ2) is 6.32. The third-order valence-corrected chi connectivity index (χ3v) is 3.61. The average Bonchev–Trinajstić information content (AvgIpc) is 2.57. The third kappa shape index (κ3) is 3.06. The summed E-state index contributed by atoms with van der Waals surface area (Å²) in [5.41, 5.74) is 0.819. The Bertz CT molecular complexity index is 900. The highest BCUT2D eigenvalue weighted by Crippen LogP contribution is 2.25. The number of phenols is 2. The van der Waals surface area contributed by atoms with Crippen molar-refractivity contribution in [3.63, 3.8) is 0 Å². The number of benzene rings is 3. The van der Waals surface area contributed by atoms with Gasteiger partial charge in [0.25, 0.3) is 0 Å². The van der Waals surface area contributed by atoms with Crippen molar-refractivity contribution in [1.29, 1.82) is 0 Å². The lowest BCUT2D eigenvalue weighted by molar-refractivity contribution is 0.0999. The van der Waals surface area contributed by atoms with Gasteiger partial charge in [-0.1, -0.05) is 42.5 Å². The average molecular weight is 305 g/mol. The summed E-state index contributed by atoms with van der Waals surface area (Å²) in [6, 6.07) is 17.4. The maximum absolute atomic E-state index is 12.1. The van der Waals surface area contributed by atoms with Crippen LogP contribution in [0.25, 0.3) is 10.8 Å². The van der Waals surface area contributed by atoms with Crippen molar-refractivity contribution in [2.75, 3.05) is 6.54 Å². The fourth-order valence-electron chi connectivity index (χ4n) is 2.43. The number of aliphatic imine (C=N–C) groups is 1. The second-order valence-electron chi connectivity index (χ2n) is 5.13. The van der Waals surface area contributed by atoms with Crippen LogP contribution in [0, 0.1) is 0 Å². The molecule has 0 aliphatic carbocycles. The van der Waals surface area contributed by atoms with E-state index in [-0.39, 0.29) is 29.4 Å². The number of carbonyl (C=O) groups is 1. The molecular weight excluding hydrogens is 290 g/mol. The standard InChI is InChI=1S/C19H15NO3/c21-17-8-4-3-7-15(17)19(23)12-20-11-16-14-6-2-1-5-13(14)9-10-18(16)22/h1-11,21-22H,12H2. The van der Waals surface area contributed by atoms with Gasteiger partial charge in [-0.15, -0.1) is 0 Å². The largest absolute Gasteiger partial charge is 0.507 e. The summed E-state index contributed by atoms with van der Waals surface area (Å²) in [5, 5.41) is 21.5. The molecule has 0 heterocycles. The van der Waals surface area contributed by atoms with E-state index in [1.54, 1.807) is 24.3 Å². The van der Waals surface area contributed by atoms with Crippen LogP contribution in [0.4, 0.5) is 0 Å². The van der Waals surface area contributed by atoms with Crippen molar-refractivity contribution in [3.05, 3.63) is 71.8 Å². The zero-order valence-electron chi connectivity index (χ0n) is 12.3. The van der Waals surface area contributed by atoms with Crippen molar-refractivity contribution >= 4 is 22.8 Å². The van der Waals surface area contributed by atoms with E-state index in [4.69, 9.17) is 0 Å². The summed E-state index contributed by atoms with van der Waals surface area (Å²) in [6.07, 6.45) is 1.50. The van der Waals surface area contributed by atoms with Crippen LogP contribution in [-0.2, 0) is 0 Å². The molecule has 0 saturated carbocycles. The summed E-state index contributed by atoms with van der Waals surface area (Å²) in [5.74, 6) is -0.220. The first kappa shape index (κ1) is 14.8. The normalized spacial score (nSPS) is 11.1. The van der Waals surface area contributed by atoms with E-state index >= 15 is 0 Å². The van der Waals surface area contributed by atoms with E-state index < -0.39 is 0 Å². The van der Waals surface area contributed by atoms with E-state index in [1.807, 2.05) is 30.3 Å². The molecule has 0 fully saturated rings. The molecule has 0 bridgehead atoms. The topological polar surface area (TPSA) is 69.9 Å². The molecule has 3 aromatic rings. The van der Waals surface area contributed by atoms with Gasteiger partial charge < -0.3 is 10.2 Å². The first-order valence-electron chi connectivity index (χ1n) is 7.18. The smallest absolute Gasteiger partial charge is 0.187 e. The molecule has 0 aliphatic rings. The van der Waals surface area contributed by atoms with E-state index in [0.29, 0.717) is 5.56 Å². The molecule has 4 heteroatoms. The fourth-order valence-corrected chi connectivity index (χ4v) is 2.43. The minimum absolute atomic E-state index is 0.0549. The van der Waals surface area contributed by atoms with Gasteiger partial charge >= 0.3 is 0 Å². The minimum atomic E-state index is -0.279. The maximum Gasteiger partial charge on any atom is 0.187 e. The van der Waals surface area contributed by atoms with Crippen LogP contribution < -0.4 is 0 Å². The predicted octanol–water partition coefficient (Wildman–Crippen LogP) is 3.55. The molecule has 4 nitrogen and oxygen atoms in total. The molecule has 2 N–H and O–H groups in total. The van der Waals surface area contributed by atoms with Crippen LogP contribution in [0.2, 0.25) is 0 Å². The number of fused-ring (bicyclic) bond motifs is 1. The highest BCUT2D eigenvalue weighted by atomic mass is 16.3. The van der Waals surface area contributed by atoms with Gasteiger partial charge in [-0.2, -0.15) is 0 Å². The van der Waals surface area contributed by atoms with Gasteiger partial charge in [-0.25, -0.2) is 0 Å². The molecule has 0 spiro atoms. The molecule has 0 aliphatic heterocycles. The summed E-state index contributed by atoms with van der Waals surface area (Å²) in [4.78, 5) is 16.2. The maximum atomic E-state index is 12.1. The summed E-state index contributed by atoms with van der Waals surface area (Å²) in [6.45, 7) is -0.0970. The van der Waals surface area contributed by atoms with Crippen molar-refractivity contribution in [2.24, 2.45) is 4.99 Å². The number of aromatic hydroxyl groups is 2. The molecular formula is C19H15NO3. The highest BCUT2D eigenvalue weighted by Gasteiger charge is 2.09. The van der Waals surface area contributed by atoms with Crippen LogP contribution in [0.15, 0.2) is 65.7 Å². The predicted molar refractivity (Wildman–Crippen MR) is 90.5 cm³/mol. The first-order chi connectivity index (χ1) is 11.2. The van der Waals surface area contributed by atoms with Crippen LogP contribution in [0.5, 0.6) is 11.5 Å². The van der Waals surface area contributed by atoms with Crippen molar-refractivity contribution in [3.8, 4) is 11.5 Å². The molecule has 3 rings (SSSR count). The lowest BCUT2D eigenvalue weighted by Gasteiger charge is -2.05. The number of para-hydroxylation sites is 1. The molecule has 23 heavy (non-hydrogen) atoms. The lowest BCUT2D eigenvalue weighted by Crippen LogP contribution is -2.04. The Balaban J connectivity index is 1.85. The number of phenolic OH excluding ortho intramolecular Hbond substituents is 2. The summed E-state index contributed by atoms with van der Waals surface area (Å²) >= 11 is 0. The van der Waals surface area contributed by atoms with Crippen LogP contribution >= 0.6 is 0 Å². The summed E-state index contributed by atoms with van der Waals surface area (Å²) in [7, 11) is 0. The number of ketones is 1. The van der Waals surface area contributed by atoms with Gasteiger partial charge in [0.2, 0.25) is 0 Å². The molecule has 0 amide bonds. The Kier molecular flexibility index (Phi) is 4.06. The number of nitrogens with zero attached hydrogens (tertiary/aromatic N) is 1. The number of hydrogen-bond acceptors (Lipinski definition) is 4. The van der Waals surface area contributed by atoms with E-state index in [9.17, 15) is 15.0 Å². The van der Waals surface area contributed by atoms with Crippen LogP contribution in [0.3, 0.4) is 0 Å². The lowest BCUT2D eigenvalue weighted by atomic mass is 10.0. The SMILES string of the molecule is O=C(CN=Cc1c(O)ccc2ccccc12)c1ccccc1O. The van der Waals surface area contributed by atoms with Gasteiger partial charge in [0.1, 0.15) is 18.0 Å². The Morgan fingerprint density at radius 1 is 0.913 bits per heavy atom. The quantitative estimate of drug-likeness (QED) is 0.572. The molecule has 3 aromatic carbocycles. The Hall–Kier alpha value is -3.14. The Morgan fingerprint density at radius 3 is 2.48 bits per heavy atom. The fraction of sp³-hybridized carbons (Fsp3) is 0.0526. The Labute approximate surface area is 133 Å². The van der Waals surface area contributed by atoms with Crippen LogP contribution in [-0.4, -0.2) is 28.8 Å². The van der Waals surface area contributed by atoms with Gasteiger partial charge in [0, 0.05) is 11.8 Å². The number of rotatable bonds is 4. The molecule has 0 unspecified atom stereocenters. The van der Waals surface area contributed by atoms with E-state index in [1.165, 1.54) is 12.3 Å². The zero-order valence-corrected chi connectivity index (χ0v) is 12.3. The van der Waals surface area contributed by atoms with Crippen molar-refractivity contribution in [1.82, 2.24) is 0 Å². The second-order valence-corrected chi connectivity index (χ2v) is 5.13. The summed E-state index contributed by atoms with van der Waals surface area (Å²) < 4.78 is 0. The van der Waals surface area contributed by atoms with E-state index in [0.717, 1.165) is 10.8 Å². The van der Waals surface area contributed by atoms with Gasteiger partial charge in [0.15, 0.2) is 5.78 Å². The van der Waals surface area contributed by atoms with Gasteiger partial charge in [0.05, 0.1) is 5.56 Å². The number of carbonyl (C=O) groups excluding carboxylic acids is 1. The molecule has 0 saturated heterocycles. The zero-order chi connectivity index (χ0) is 16.2. The molecule has 0 atom stereocenters. The third-order valence-electron chi connectivity index (χ3n) is 3.61.